The van der Waals surface area contributed by atoms with Gasteiger partial charge in [-0.15, -0.1) is 0 Å². The smallest absolute Gasteiger partial charge is 0.261 e. The lowest BCUT2D eigenvalue weighted by molar-refractivity contribution is 0.288. The van der Waals surface area contributed by atoms with E-state index < -0.39 is 8.32 Å². The molecule has 0 spiro atoms. The number of aromatic hydroxyl groups is 2. The first-order chi connectivity index (χ1) is 18.8. The minimum atomic E-state index is -2.44. The van der Waals surface area contributed by atoms with Gasteiger partial charge in [-0.2, -0.15) is 0 Å². The minimum Gasteiger partial charge on any atom is -0.508 e. The second kappa shape index (κ2) is 14.7. The lowest BCUT2D eigenvalue weighted by Crippen LogP contribution is -2.66. The molecule has 4 aromatic rings. The van der Waals surface area contributed by atoms with Crippen LogP contribution in [0.25, 0.3) is 0 Å². The summed E-state index contributed by atoms with van der Waals surface area (Å²) in [5.74, 6) is 0.602. The van der Waals surface area contributed by atoms with Crippen LogP contribution in [0.2, 0.25) is 5.04 Å². The number of aliphatic hydroxyl groups is 1. The number of rotatable bonds is 10. The summed E-state index contributed by atoms with van der Waals surface area (Å²) in [6.45, 7) is 7.85. The molecule has 0 aliphatic rings. The zero-order valence-corrected chi connectivity index (χ0v) is 24.4. The molecule has 206 valence electrons. The van der Waals surface area contributed by atoms with Gasteiger partial charge in [0, 0.05) is 13.2 Å². The molecular formula is C34H42O4Si. The zero-order chi connectivity index (χ0) is 28.1. The molecule has 0 amide bonds. The Balaban J connectivity index is 0.000000320. The first-order valence-corrected chi connectivity index (χ1v) is 15.6. The SMILES string of the molecule is CC(C)(C)[Si](OCCCc1ccc(O)cc1)(c1ccccc1)c1ccccc1.OCCCc1ccc(O)cc1. The number of hydrogen-bond acceptors (Lipinski definition) is 4. The summed E-state index contributed by atoms with van der Waals surface area (Å²) in [6.07, 6.45) is 3.55. The molecule has 0 aliphatic heterocycles. The molecule has 0 atom stereocenters. The van der Waals surface area contributed by atoms with Gasteiger partial charge in [-0.3, -0.25) is 0 Å². The summed E-state index contributed by atoms with van der Waals surface area (Å²) in [5, 5.41) is 29.6. The summed E-state index contributed by atoms with van der Waals surface area (Å²) in [5.41, 5.74) is 2.38. The summed E-state index contributed by atoms with van der Waals surface area (Å²) in [6, 6.07) is 36.0. The van der Waals surface area contributed by atoms with Crippen molar-refractivity contribution in [1.29, 1.82) is 0 Å². The molecule has 0 fully saturated rings. The molecule has 0 radical (unpaired) electrons. The third-order valence-corrected chi connectivity index (χ3v) is 11.9. The van der Waals surface area contributed by atoms with Crippen LogP contribution in [-0.2, 0) is 17.3 Å². The van der Waals surface area contributed by atoms with Crippen molar-refractivity contribution in [3.05, 3.63) is 120 Å². The van der Waals surface area contributed by atoms with Gasteiger partial charge in [0.1, 0.15) is 11.5 Å². The Morgan fingerprint density at radius 3 is 1.38 bits per heavy atom. The average molecular weight is 543 g/mol. The fourth-order valence-corrected chi connectivity index (χ4v) is 9.48. The second-order valence-corrected chi connectivity index (χ2v) is 15.1. The van der Waals surface area contributed by atoms with Crippen LogP contribution in [0.5, 0.6) is 11.5 Å². The predicted molar refractivity (Wildman–Crippen MR) is 164 cm³/mol. The number of phenols is 2. The Hall–Kier alpha value is -3.38. The third kappa shape index (κ3) is 8.55. The van der Waals surface area contributed by atoms with Gasteiger partial charge in [-0.1, -0.05) is 106 Å². The summed E-state index contributed by atoms with van der Waals surface area (Å²) in [4.78, 5) is 0. The molecule has 4 aromatic carbocycles. The van der Waals surface area contributed by atoms with Crippen molar-refractivity contribution in [3.63, 3.8) is 0 Å². The van der Waals surface area contributed by atoms with Gasteiger partial charge < -0.3 is 19.7 Å². The maximum absolute atomic E-state index is 9.46. The van der Waals surface area contributed by atoms with Gasteiger partial charge in [0.05, 0.1) is 0 Å². The Kier molecular flexibility index (Phi) is 11.4. The molecule has 0 aliphatic carbocycles. The van der Waals surface area contributed by atoms with Crippen molar-refractivity contribution >= 4 is 18.7 Å². The Morgan fingerprint density at radius 2 is 1.00 bits per heavy atom. The van der Waals surface area contributed by atoms with Crippen LogP contribution in [0.15, 0.2) is 109 Å². The molecule has 0 saturated carbocycles. The highest BCUT2D eigenvalue weighted by Crippen LogP contribution is 2.36. The molecule has 0 heterocycles. The number of aliphatic hydroxyl groups excluding tert-OH is 1. The van der Waals surface area contributed by atoms with Gasteiger partial charge in [0.2, 0.25) is 0 Å². The van der Waals surface area contributed by atoms with Gasteiger partial charge in [0.25, 0.3) is 8.32 Å². The van der Waals surface area contributed by atoms with Gasteiger partial charge in [-0.25, -0.2) is 0 Å². The van der Waals surface area contributed by atoms with Crippen LogP contribution in [0.3, 0.4) is 0 Å². The first-order valence-electron chi connectivity index (χ1n) is 13.7. The number of hydrogen-bond donors (Lipinski definition) is 3. The largest absolute Gasteiger partial charge is 0.508 e. The molecule has 39 heavy (non-hydrogen) atoms. The highest BCUT2D eigenvalue weighted by molar-refractivity contribution is 6.99. The van der Waals surface area contributed by atoms with E-state index in [-0.39, 0.29) is 17.4 Å². The Bertz CT molecular complexity index is 1180. The van der Waals surface area contributed by atoms with E-state index in [1.54, 1.807) is 24.3 Å². The highest BCUT2D eigenvalue weighted by Gasteiger charge is 2.49. The van der Waals surface area contributed by atoms with Crippen molar-refractivity contribution < 1.29 is 19.7 Å². The van der Waals surface area contributed by atoms with Crippen LogP contribution in [0, 0.1) is 0 Å². The van der Waals surface area contributed by atoms with E-state index >= 15 is 0 Å². The lowest BCUT2D eigenvalue weighted by atomic mass is 10.1. The standard InChI is InChI=1S/C25H30O2Si.C9H12O2/c1-25(2,3)28(23-12-6-4-7-13-23,24-14-8-5-9-15-24)27-20-10-11-21-16-18-22(26)19-17-21;10-7-1-2-8-3-5-9(11)6-4-8/h4-9,12-19,26H,10-11,20H2,1-3H3;3-6,10-11H,1-2,7H2. The Labute approximate surface area is 234 Å². The summed E-state index contributed by atoms with van der Waals surface area (Å²) >= 11 is 0. The molecule has 4 nitrogen and oxygen atoms in total. The lowest BCUT2D eigenvalue weighted by Gasteiger charge is -2.43. The third-order valence-electron chi connectivity index (χ3n) is 6.84. The van der Waals surface area contributed by atoms with E-state index in [0.29, 0.717) is 12.4 Å². The molecule has 4 rings (SSSR count). The monoisotopic (exact) mass is 542 g/mol. The average Bonchev–Trinajstić information content (AvgIpc) is 2.94. The second-order valence-electron chi connectivity index (χ2n) is 10.8. The van der Waals surface area contributed by atoms with E-state index in [9.17, 15) is 5.11 Å². The van der Waals surface area contributed by atoms with E-state index in [1.165, 1.54) is 15.9 Å². The highest BCUT2D eigenvalue weighted by atomic mass is 28.4. The summed E-state index contributed by atoms with van der Waals surface area (Å²) < 4.78 is 6.90. The molecule has 0 unspecified atom stereocenters. The number of aryl methyl sites for hydroxylation is 2. The van der Waals surface area contributed by atoms with Gasteiger partial charge in [-0.05, 0) is 76.5 Å². The van der Waals surface area contributed by atoms with Crippen LogP contribution in [0.4, 0.5) is 0 Å². The van der Waals surface area contributed by atoms with Crippen molar-refractivity contribution in [1.82, 2.24) is 0 Å². The maximum atomic E-state index is 9.46. The summed E-state index contributed by atoms with van der Waals surface area (Å²) in [7, 11) is -2.44. The minimum absolute atomic E-state index is 0.00818. The van der Waals surface area contributed by atoms with Crippen LogP contribution >= 0.6 is 0 Å². The molecule has 0 saturated heterocycles. The maximum Gasteiger partial charge on any atom is 0.261 e. The van der Waals surface area contributed by atoms with Crippen LogP contribution in [0.1, 0.15) is 44.7 Å². The topological polar surface area (TPSA) is 69.9 Å². The van der Waals surface area contributed by atoms with Crippen molar-refractivity contribution in [2.45, 2.75) is 51.5 Å². The normalized spacial score (nSPS) is 11.5. The quantitative estimate of drug-likeness (QED) is 0.164. The van der Waals surface area contributed by atoms with Crippen molar-refractivity contribution in [2.75, 3.05) is 13.2 Å². The number of benzene rings is 4. The van der Waals surface area contributed by atoms with E-state index in [1.807, 2.05) is 24.3 Å². The zero-order valence-electron chi connectivity index (χ0n) is 23.4. The Morgan fingerprint density at radius 1 is 0.590 bits per heavy atom. The molecule has 5 heteroatoms. The van der Waals surface area contributed by atoms with E-state index in [0.717, 1.165) is 31.2 Å². The van der Waals surface area contributed by atoms with E-state index in [4.69, 9.17) is 14.6 Å². The first kappa shape index (κ1) is 30.2. The molecule has 0 aromatic heterocycles. The van der Waals surface area contributed by atoms with E-state index in [2.05, 4.69) is 81.4 Å². The van der Waals surface area contributed by atoms with Crippen molar-refractivity contribution in [3.8, 4) is 11.5 Å². The van der Waals surface area contributed by atoms with Gasteiger partial charge in [0.15, 0.2) is 0 Å². The predicted octanol–water partition coefficient (Wildman–Crippen LogP) is 6.22. The van der Waals surface area contributed by atoms with Gasteiger partial charge >= 0.3 is 0 Å². The molecular weight excluding hydrogens is 500 g/mol. The fraction of sp³-hybridized carbons (Fsp3) is 0.294. The fourth-order valence-electron chi connectivity index (χ4n) is 4.87. The van der Waals surface area contributed by atoms with Crippen LogP contribution < -0.4 is 10.4 Å². The van der Waals surface area contributed by atoms with Crippen molar-refractivity contribution in [2.24, 2.45) is 0 Å². The molecule has 3 N–H and O–H groups in total. The number of phenolic OH excluding ortho intramolecular Hbond substituents is 2. The molecule has 0 bridgehead atoms. The van der Waals surface area contributed by atoms with Crippen LogP contribution in [-0.4, -0.2) is 36.9 Å².